The van der Waals surface area contributed by atoms with Crippen molar-refractivity contribution in [2.24, 2.45) is 0 Å². The third-order valence-electron chi connectivity index (χ3n) is 2.98. The number of pyridine rings is 3. The molecule has 0 aliphatic heterocycles. The zero-order valence-electron chi connectivity index (χ0n) is 11.5. The lowest BCUT2D eigenvalue weighted by atomic mass is 10.2. The first-order chi connectivity index (χ1) is 10.2. The predicted octanol–water partition coefficient (Wildman–Crippen LogP) is 3.22. The van der Waals surface area contributed by atoms with Crippen molar-refractivity contribution in [1.82, 2.24) is 15.0 Å². The fraction of sp³-hybridized carbons (Fsp3) is 0.0625. The molecule has 3 heterocycles. The zero-order valence-corrected chi connectivity index (χ0v) is 11.5. The number of hydrogen-bond donors (Lipinski definition) is 1. The van der Waals surface area contributed by atoms with Crippen LogP contribution < -0.4 is 10.5 Å². The van der Waals surface area contributed by atoms with Crippen LogP contribution in [0.15, 0.2) is 55.0 Å². The van der Waals surface area contributed by atoms with E-state index >= 15 is 0 Å². The summed E-state index contributed by atoms with van der Waals surface area (Å²) in [5.41, 5.74) is 8.13. The van der Waals surface area contributed by atoms with Gasteiger partial charge in [0.15, 0.2) is 0 Å². The molecule has 3 aromatic rings. The summed E-state index contributed by atoms with van der Waals surface area (Å²) in [5.74, 6) is 1.84. The van der Waals surface area contributed by atoms with Gasteiger partial charge < -0.3 is 10.5 Å². The number of rotatable bonds is 3. The van der Waals surface area contributed by atoms with Gasteiger partial charge in [-0.25, -0.2) is 4.98 Å². The van der Waals surface area contributed by atoms with Gasteiger partial charge >= 0.3 is 0 Å². The Labute approximate surface area is 122 Å². The van der Waals surface area contributed by atoms with Gasteiger partial charge in [0.05, 0.1) is 11.4 Å². The Balaban J connectivity index is 1.90. The molecule has 2 N–H and O–H groups in total. The highest BCUT2D eigenvalue weighted by atomic mass is 16.5. The van der Waals surface area contributed by atoms with Gasteiger partial charge in [0, 0.05) is 30.2 Å². The highest BCUT2D eigenvalue weighted by Crippen LogP contribution is 2.27. The van der Waals surface area contributed by atoms with Crippen molar-refractivity contribution in [3.8, 4) is 22.8 Å². The topological polar surface area (TPSA) is 73.9 Å². The van der Waals surface area contributed by atoms with E-state index in [0.717, 1.165) is 17.0 Å². The van der Waals surface area contributed by atoms with Crippen molar-refractivity contribution in [3.05, 3.63) is 60.7 Å². The monoisotopic (exact) mass is 278 g/mol. The SMILES string of the molecule is Cc1nc(N)ccc1Oc1ccnc(-c2cccnc2)c1. The Morgan fingerprint density at radius 3 is 2.76 bits per heavy atom. The fourth-order valence-electron chi connectivity index (χ4n) is 1.95. The molecule has 5 heteroatoms. The van der Waals surface area contributed by atoms with Gasteiger partial charge in [0.25, 0.3) is 0 Å². The van der Waals surface area contributed by atoms with Crippen LogP contribution in [0.2, 0.25) is 0 Å². The summed E-state index contributed by atoms with van der Waals surface area (Å²) in [7, 11) is 0. The Morgan fingerprint density at radius 1 is 1.10 bits per heavy atom. The van der Waals surface area contributed by atoms with Crippen LogP contribution in [0, 0.1) is 6.92 Å². The largest absolute Gasteiger partial charge is 0.455 e. The lowest BCUT2D eigenvalue weighted by molar-refractivity contribution is 0.475. The highest BCUT2D eigenvalue weighted by molar-refractivity contribution is 5.59. The molecular weight excluding hydrogens is 264 g/mol. The van der Waals surface area contributed by atoms with Gasteiger partial charge in [-0.1, -0.05) is 0 Å². The van der Waals surface area contributed by atoms with Crippen LogP contribution in [-0.4, -0.2) is 15.0 Å². The van der Waals surface area contributed by atoms with E-state index in [-0.39, 0.29) is 0 Å². The smallest absolute Gasteiger partial charge is 0.148 e. The van der Waals surface area contributed by atoms with Crippen LogP contribution in [0.25, 0.3) is 11.3 Å². The van der Waals surface area contributed by atoms with Crippen molar-refractivity contribution < 1.29 is 4.74 Å². The molecule has 0 radical (unpaired) electrons. The molecule has 104 valence electrons. The number of ether oxygens (including phenoxy) is 1. The van der Waals surface area contributed by atoms with Gasteiger partial charge in [-0.2, -0.15) is 0 Å². The summed E-state index contributed by atoms with van der Waals surface area (Å²) >= 11 is 0. The number of anilines is 1. The molecule has 0 saturated heterocycles. The van der Waals surface area contributed by atoms with Crippen LogP contribution >= 0.6 is 0 Å². The number of aromatic nitrogens is 3. The first-order valence-corrected chi connectivity index (χ1v) is 6.50. The molecule has 5 nitrogen and oxygen atoms in total. The lowest BCUT2D eigenvalue weighted by Gasteiger charge is -2.09. The number of nitrogens with two attached hydrogens (primary N) is 1. The highest BCUT2D eigenvalue weighted by Gasteiger charge is 2.05. The third kappa shape index (κ3) is 2.97. The number of nitrogens with zero attached hydrogens (tertiary/aromatic N) is 3. The quantitative estimate of drug-likeness (QED) is 0.796. The summed E-state index contributed by atoms with van der Waals surface area (Å²) in [6, 6.07) is 11.0. The average molecular weight is 278 g/mol. The molecule has 0 saturated carbocycles. The molecule has 0 atom stereocenters. The van der Waals surface area contributed by atoms with E-state index in [0.29, 0.717) is 17.3 Å². The Bertz CT molecular complexity index is 759. The second-order valence-electron chi connectivity index (χ2n) is 4.54. The van der Waals surface area contributed by atoms with Gasteiger partial charge in [-0.3, -0.25) is 9.97 Å². The van der Waals surface area contributed by atoms with E-state index in [1.807, 2.05) is 31.2 Å². The summed E-state index contributed by atoms with van der Waals surface area (Å²) in [5, 5.41) is 0. The molecule has 21 heavy (non-hydrogen) atoms. The van der Waals surface area contributed by atoms with Crippen LogP contribution in [-0.2, 0) is 0 Å². The Kier molecular flexibility index (Phi) is 3.47. The maximum Gasteiger partial charge on any atom is 0.148 e. The van der Waals surface area contributed by atoms with Gasteiger partial charge in [0.2, 0.25) is 0 Å². The zero-order chi connectivity index (χ0) is 14.7. The van der Waals surface area contributed by atoms with Gasteiger partial charge in [-0.15, -0.1) is 0 Å². The second-order valence-corrected chi connectivity index (χ2v) is 4.54. The van der Waals surface area contributed by atoms with E-state index < -0.39 is 0 Å². The molecule has 0 spiro atoms. The maximum atomic E-state index is 5.85. The Morgan fingerprint density at radius 2 is 2.00 bits per heavy atom. The summed E-state index contributed by atoms with van der Waals surface area (Å²) in [4.78, 5) is 12.6. The molecule has 3 rings (SSSR count). The normalized spacial score (nSPS) is 10.3. The fourth-order valence-corrected chi connectivity index (χ4v) is 1.95. The summed E-state index contributed by atoms with van der Waals surface area (Å²) in [6.07, 6.45) is 5.20. The van der Waals surface area contributed by atoms with Gasteiger partial charge in [0.1, 0.15) is 17.3 Å². The number of nitrogen functional groups attached to an aromatic ring is 1. The van der Waals surface area contributed by atoms with Crippen molar-refractivity contribution >= 4 is 5.82 Å². The second kappa shape index (κ2) is 5.58. The van der Waals surface area contributed by atoms with E-state index in [1.165, 1.54) is 0 Å². The van der Waals surface area contributed by atoms with Crippen molar-refractivity contribution in [2.45, 2.75) is 6.92 Å². The van der Waals surface area contributed by atoms with Crippen LogP contribution in [0.3, 0.4) is 0 Å². The Hall–Kier alpha value is -2.95. The molecule has 0 bridgehead atoms. The number of hydrogen-bond acceptors (Lipinski definition) is 5. The third-order valence-corrected chi connectivity index (χ3v) is 2.98. The van der Waals surface area contributed by atoms with E-state index in [1.54, 1.807) is 30.7 Å². The van der Waals surface area contributed by atoms with Crippen LogP contribution in [0.1, 0.15) is 5.69 Å². The predicted molar refractivity (Wildman–Crippen MR) is 80.9 cm³/mol. The minimum absolute atomic E-state index is 0.477. The van der Waals surface area contributed by atoms with Crippen LogP contribution in [0.4, 0.5) is 5.82 Å². The maximum absolute atomic E-state index is 5.85. The molecule has 0 aromatic carbocycles. The average Bonchev–Trinajstić information content (AvgIpc) is 2.51. The molecule has 0 amide bonds. The molecule has 0 aliphatic rings. The van der Waals surface area contributed by atoms with Crippen molar-refractivity contribution in [2.75, 3.05) is 5.73 Å². The number of aryl methyl sites for hydroxylation is 1. The molecule has 0 aliphatic carbocycles. The van der Waals surface area contributed by atoms with E-state index in [4.69, 9.17) is 10.5 Å². The van der Waals surface area contributed by atoms with Crippen molar-refractivity contribution in [3.63, 3.8) is 0 Å². The van der Waals surface area contributed by atoms with Crippen molar-refractivity contribution in [1.29, 1.82) is 0 Å². The van der Waals surface area contributed by atoms with E-state index in [2.05, 4.69) is 15.0 Å². The molecular formula is C16H14N4O. The molecule has 0 unspecified atom stereocenters. The first-order valence-electron chi connectivity index (χ1n) is 6.50. The minimum Gasteiger partial charge on any atom is -0.455 e. The molecule has 3 aromatic heterocycles. The van der Waals surface area contributed by atoms with Gasteiger partial charge in [-0.05, 0) is 37.3 Å². The lowest BCUT2D eigenvalue weighted by Crippen LogP contribution is -1.95. The first kappa shape index (κ1) is 13.1. The standard InChI is InChI=1S/C16H14N4O/c1-11-15(4-5-16(17)20-11)21-13-6-8-19-14(9-13)12-3-2-7-18-10-12/h2-10H,1H3,(H2,17,20). The van der Waals surface area contributed by atoms with E-state index in [9.17, 15) is 0 Å². The molecule has 0 fully saturated rings. The summed E-state index contributed by atoms with van der Waals surface area (Å²) < 4.78 is 5.85. The minimum atomic E-state index is 0.477. The summed E-state index contributed by atoms with van der Waals surface area (Å²) in [6.45, 7) is 1.86. The van der Waals surface area contributed by atoms with Crippen LogP contribution in [0.5, 0.6) is 11.5 Å².